The van der Waals surface area contributed by atoms with Gasteiger partial charge in [0, 0.05) is 11.0 Å². The van der Waals surface area contributed by atoms with Crippen molar-refractivity contribution < 1.29 is 28.2 Å². The second kappa shape index (κ2) is 9.80. The minimum absolute atomic E-state index is 0.176. The summed E-state index contributed by atoms with van der Waals surface area (Å²) in [6.45, 7) is 0.314. The molecule has 3 aromatic rings. The van der Waals surface area contributed by atoms with Crippen LogP contribution in [-0.2, 0) is 11.3 Å². The maximum absolute atomic E-state index is 12.3. The van der Waals surface area contributed by atoms with Crippen molar-refractivity contribution in [2.45, 2.75) is 6.54 Å². The third-order valence-electron chi connectivity index (χ3n) is 4.18. The molecular weight excluding hydrogens is 406 g/mol. The van der Waals surface area contributed by atoms with E-state index >= 15 is 0 Å². The number of carbonyl (C=O) groups excluding carboxylic acids is 2. The van der Waals surface area contributed by atoms with Gasteiger partial charge in [-0.15, -0.1) is 11.3 Å². The predicted molar refractivity (Wildman–Crippen MR) is 113 cm³/mol. The minimum atomic E-state index is -0.268. The highest BCUT2D eigenvalue weighted by Gasteiger charge is 2.15. The lowest BCUT2D eigenvalue weighted by Gasteiger charge is -2.12. The summed E-state index contributed by atoms with van der Waals surface area (Å²) < 4.78 is 21.0. The Morgan fingerprint density at radius 1 is 1.07 bits per heavy atom. The van der Waals surface area contributed by atoms with E-state index in [2.05, 4.69) is 5.32 Å². The first-order valence-electron chi connectivity index (χ1n) is 8.98. The Kier molecular flexibility index (Phi) is 6.92. The molecule has 1 aromatic carbocycles. The zero-order valence-electron chi connectivity index (χ0n) is 16.8. The number of hydrogen-bond acceptors (Lipinski definition) is 7. The van der Waals surface area contributed by atoms with Gasteiger partial charge in [0.1, 0.15) is 0 Å². The van der Waals surface area contributed by atoms with Crippen LogP contribution in [0.1, 0.15) is 25.9 Å². The van der Waals surface area contributed by atoms with Crippen LogP contribution < -0.4 is 19.5 Å². The Morgan fingerprint density at radius 2 is 1.80 bits per heavy atom. The van der Waals surface area contributed by atoms with Crippen molar-refractivity contribution in [1.29, 1.82) is 0 Å². The summed E-state index contributed by atoms with van der Waals surface area (Å²) in [6, 6.07) is 10.3. The fourth-order valence-electron chi connectivity index (χ4n) is 2.73. The van der Waals surface area contributed by atoms with Gasteiger partial charge in [0.15, 0.2) is 17.3 Å². The number of carbonyl (C=O) groups is 2. The van der Waals surface area contributed by atoms with E-state index in [1.165, 1.54) is 45.0 Å². The molecule has 1 amide bonds. The molecule has 0 atom stereocenters. The van der Waals surface area contributed by atoms with Gasteiger partial charge in [0.2, 0.25) is 17.4 Å². The first-order chi connectivity index (χ1) is 14.5. The van der Waals surface area contributed by atoms with Crippen LogP contribution in [0.15, 0.2) is 53.2 Å². The van der Waals surface area contributed by atoms with Crippen molar-refractivity contribution in [1.82, 2.24) is 5.32 Å². The van der Waals surface area contributed by atoms with Crippen molar-refractivity contribution in [3.63, 3.8) is 0 Å². The van der Waals surface area contributed by atoms with Crippen molar-refractivity contribution >= 4 is 29.1 Å². The SMILES string of the molecule is COc1cc(/C=C/C(=O)NCc2ccc(C(=O)c3ccco3)s2)cc(OC)c1OC. The van der Waals surface area contributed by atoms with E-state index < -0.39 is 0 Å². The Hall–Kier alpha value is -3.52. The highest BCUT2D eigenvalue weighted by atomic mass is 32.1. The molecular formula is C22H21NO6S. The molecule has 3 rings (SSSR count). The van der Waals surface area contributed by atoms with Gasteiger partial charge in [-0.2, -0.15) is 0 Å². The summed E-state index contributed by atoms with van der Waals surface area (Å²) >= 11 is 1.31. The number of ether oxygens (including phenoxy) is 3. The van der Waals surface area contributed by atoms with E-state index in [0.29, 0.717) is 34.4 Å². The van der Waals surface area contributed by atoms with Gasteiger partial charge in [-0.1, -0.05) is 0 Å². The molecule has 7 nitrogen and oxygen atoms in total. The highest BCUT2D eigenvalue weighted by Crippen LogP contribution is 2.38. The van der Waals surface area contributed by atoms with Gasteiger partial charge in [-0.05, 0) is 48.0 Å². The molecule has 0 aliphatic heterocycles. The monoisotopic (exact) mass is 427 g/mol. The summed E-state index contributed by atoms with van der Waals surface area (Å²) in [6.07, 6.45) is 4.53. The van der Waals surface area contributed by atoms with Crippen LogP contribution in [0.2, 0.25) is 0 Å². The van der Waals surface area contributed by atoms with Crippen molar-refractivity contribution in [3.05, 3.63) is 69.8 Å². The van der Waals surface area contributed by atoms with Crippen LogP contribution in [-0.4, -0.2) is 33.0 Å². The third-order valence-corrected chi connectivity index (χ3v) is 5.27. The maximum atomic E-state index is 12.3. The molecule has 2 aromatic heterocycles. The number of hydrogen-bond donors (Lipinski definition) is 1. The Morgan fingerprint density at radius 3 is 2.40 bits per heavy atom. The molecule has 8 heteroatoms. The van der Waals surface area contributed by atoms with Gasteiger partial charge in [-0.3, -0.25) is 9.59 Å². The van der Waals surface area contributed by atoms with Crippen LogP contribution in [0.5, 0.6) is 17.2 Å². The van der Waals surface area contributed by atoms with Crippen molar-refractivity contribution in [2.24, 2.45) is 0 Å². The standard InChI is InChI=1S/C22H21NO6S/c1-26-17-11-14(12-18(27-2)22(17)28-3)6-9-20(24)23-13-15-7-8-19(30-15)21(25)16-5-4-10-29-16/h4-12H,13H2,1-3H3,(H,23,24)/b9-6+. The molecule has 0 unspecified atom stereocenters. The Bertz CT molecular complexity index is 1030. The molecule has 0 radical (unpaired) electrons. The molecule has 0 aliphatic carbocycles. The largest absolute Gasteiger partial charge is 0.493 e. The number of nitrogens with one attached hydrogen (secondary N) is 1. The number of ketones is 1. The molecule has 0 aliphatic rings. The van der Waals surface area contributed by atoms with E-state index in [9.17, 15) is 9.59 Å². The van der Waals surface area contributed by atoms with Crippen LogP contribution in [0, 0.1) is 0 Å². The second-order valence-electron chi connectivity index (χ2n) is 6.08. The van der Waals surface area contributed by atoms with Gasteiger partial charge in [0.25, 0.3) is 0 Å². The van der Waals surface area contributed by atoms with Crippen LogP contribution >= 0.6 is 11.3 Å². The number of benzene rings is 1. The van der Waals surface area contributed by atoms with Gasteiger partial charge in [0.05, 0.1) is 39.0 Å². The Balaban J connectivity index is 1.61. The molecule has 0 spiro atoms. The predicted octanol–water partition coefficient (Wildman–Crippen LogP) is 3.93. The van der Waals surface area contributed by atoms with E-state index in [-0.39, 0.29) is 11.7 Å². The molecule has 156 valence electrons. The molecule has 30 heavy (non-hydrogen) atoms. The van der Waals surface area contributed by atoms with Crippen LogP contribution in [0.25, 0.3) is 6.08 Å². The third kappa shape index (κ3) is 4.90. The zero-order valence-corrected chi connectivity index (χ0v) is 17.6. The maximum Gasteiger partial charge on any atom is 0.244 e. The number of methoxy groups -OCH3 is 3. The average molecular weight is 427 g/mol. The fourth-order valence-corrected chi connectivity index (χ4v) is 3.62. The van der Waals surface area contributed by atoms with E-state index in [4.69, 9.17) is 18.6 Å². The van der Waals surface area contributed by atoms with Crippen LogP contribution in [0.4, 0.5) is 0 Å². The van der Waals surface area contributed by atoms with Crippen molar-refractivity contribution in [3.8, 4) is 17.2 Å². The number of rotatable bonds is 9. The molecule has 0 bridgehead atoms. The number of amides is 1. The lowest BCUT2D eigenvalue weighted by molar-refractivity contribution is -0.116. The first-order valence-corrected chi connectivity index (χ1v) is 9.80. The summed E-state index contributed by atoms with van der Waals surface area (Å²) in [7, 11) is 4.59. The summed E-state index contributed by atoms with van der Waals surface area (Å²) in [5.74, 6) is 1.34. The fraction of sp³-hybridized carbons (Fsp3) is 0.182. The number of thiophene rings is 1. The Labute approximate surface area is 177 Å². The molecule has 2 heterocycles. The summed E-state index contributed by atoms with van der Waals surface area (Å²) in [5.41, 5.74) is 0.724. The highest BCUT2D eigenvalue weighted by molar-refractivity contribution is 7.14. The normalized spacial score (nSPS) is 10.8. The van der Waals surface area contributed by atoms with E-state index in [0.717, 1.165) is 10.4 Å². The molecule has 0 saturated carbocycles. The van der Waals surface area contributed by atoms with Gasteiger partial charge >= 0.3 is 0 Å². The number of furan rings is 1. The van der Waals surface area contributed by atoms with Gasteiger partial charge < -0.3 is 23.9 Å². The second-order valence-corrected chi connectivity index (χ2v) is 7.25. The lowest BCUT2D eigenvalue weighted by atomic mass is 10.1. The van der Waals surface area contributed by atoms with E-state index in [1.807, 2.05) is 6.07 Å². The topological polar surface area (TPSA) is 87.0 Å². The average Bonchev–Trinajstić information content (AvgIpc) is 3.47. The summed E-state index contributed by atoms with van der Waals surface area (Å²) in [4.78, 5) is 25.9. The first kappa shape index (κ1) is 21.2. The minimum Gasteiger partial charge on any atom is -0.493 e. The van der Waals surface area contributed by atoms with Crippen LogP contribution in [0.3, 0.4) is 0 Å². The molecule has 0 fully saturated rings. The molecule has 0 saturated heterocycles. The van der Waals surface area contributed by atoms with Crippen molar-refractivity contribution in [2.75, 3.05) is 21.3 Å². The quantitative estimate of drug-likeness (QED) is 0.411. The van der Waals surface area contributed by atoms with Gasteiger partial charge in [-0.25, -0.2) is 0 Å². The lowest BCUT2D eigenvalue weighted by Crippen LogP contribution is -2.19. The summed E-state index contributed by atoms with van der Waals surface area (Å²) in [5, 5.41) is 2.80. The molecule has 1 N–H and O–H groups in total. The zero-order chi connectivity index (χ0) is 21.5. The smallest absolute Gasteiger partial charge is 0.244 e. The van der Waals surface area contributed by atoms with E-state index in [1.54, 1.807) is 36.4 Å².